The largest absolute Gasteiger partial charge is 0.367 e. The van der Waals surface area contributed by atoms with Gasteiger partial charge in [-0.05, 0) is 66.3 Å². The lowest BCUT2D eigenvalue weighted by molar-refractivity contribution is -0.0457. The second-order valence-electron chi connectivity index (χ2n) is 16.0. The normalized spacial score (nSPS) is 29.3. The Morgan fingerprint density at radius 2 is 1.04 bits per heavy atom. The quantitative estimate of drug-likeness (QED) is 0.230. The highest BCUT2D eigenvalue weighted by Crippen LogP contribution is 2.55. The fraction of sp³-hybridized carbons (Fsp3) is 0.349. The molecule has 0 spiro atoms. The fourth-order valence-electron chi connectivity index (χ4n) is 10.7. The van der Waals surface area contributed by atoms with Gasteiger partial charge in [0, 0.05) is 63.9 Å². The number of hydrogen-bond donors (Lipinski definition) is 2. The molecule has 4 aromatic rings. The maximum absolute atomic E-state index is 3.79. The summed E-state index contributed by atoms with van der Waals surface area (Å²) in [5, 5.41) is 7.53. The third kappa shape index (κ3) is 3.83. The van der Waals surface area contributed by atoms with Crippen LogP contribution in [0.15, 0.2) is 121 Å². The van der Waals surface area contributed by atoms with Crippen LogP contribution in [0.2, 0.25) is 0 Å². The molecule has 0 radical (unpaired) electrons. The average molecular weight is 647 g/mol. The average Bonchev–Trinajstić information content (AvgIpc) is 3.76. The first kappa shape index (κ1) is 29.1. The molecule has 0 amide bonds. The van der Waals surface area contributed by atoms with Crippen molar-refractivity contribution in [1.82, 2.24) is 20.4 Å². The molecule has 0 aromatic heterocycles. The second-order valence-corrected chi connectivity index (χ2v) is 16.0. The van der Waals surface area contributed by atoms with Crippen molar-refractivity contribution in [3.63, 3.8) is 0 Å². The zero-order chi connectivity index (χ0) is 33.2. The van der Waals surface area contributed by atoms with Crippen molar-refractivity contribution in [3.05, 3.63) is 144 Å². The summed E-state index contributed by atoms with van der Waals surface area (Å²) >= 11 is 0. The Hall–Kier alpha value is -4.84. The predicted octanol–water partition coefficient (Wildman–Crippen LogP) is 8.02. The minimum atomic E-state index is -0.0969. The van der Waals surface area contributed by atoms with E-state index >= 15 is 0 Å². The topological polar surface area (TPSA) is 37.0 Å². The Kier molecular flexibility index (Phi) is 6.00. The van der Waals surface area contributed by atoms with Crippen molar-refractivity contribution in [1.29, 1.82) is 0 Å². The number of nitrogens with zero attached hydrogens (tertiary/aromatic N) is 4. The van der Waals surface area contributed by atoms with Gasteiger partial charge in [-0.15, -0.1) is 0 Å². The number of anilines is 4. The highest BCUT2D eigenvalue weighted by molar-refractivity contribution is 5.80. The molecule has 6 heteroatoms. The monoisotopic (exact) mass is 646 g/mol. The Bertz CT molecular complexity index is 1940. The molecule has 49 heavy (non-hydrogen) atoms. The van der Waals surface area contributed by atoms with Crippen LogP contribution in [0.25, 0.3) is 0 Å². The predicted molar refractivity (Wildman–Crippen MR) is 199 cm³/mol. The van der Waals surface area contributed by atoms with Crippen LogP contribution in [0, 0.1) is 0 Å². The molecule has 6 nitrogen and oxygen atoms in total. The van der Waals surface area contributed by atoms with Gasteiger partial charge in [-0.2, -0.15) is 0 Å². The van der Waals surface area contributed by atoms with Crippen molar-refractivity contribution < 1.29 is 0 Å². The second kappa shape index (κ2) is 10.1. The number of para-hydroxylation sites is 4. The molecular weight excluding hydrogens is 601 g/mol. The van der Waals surface area contributed by atoms with Crippen LogP contribution < -0.4 is 20.4 Å². The van der Waals surface area contributed by atoms with Gasteiger partial charge in [-0.1, -0.05) is 100 Å². The minimum absolute atomic E-state index is 0.0789. The van der Waals surface area contributed by atoms with E-state index in [2.05, 4.69) is 181 Å². The molecule has 6 unspecified atom stereocenters. The fourth-order valence-corrected chi connectivity index (χ4v) is 10.7. The lowest BCUT2D eigenvalue weighted by Gasteiger charge is -2.62. The summed E-state index contributed by atoms with van der Waals surface area (Å²) < 4.78 is 0. The maximum atomic E-state index is 3.79. The van der Waals surface area contributed by atoms with Gasteiger partial charge in [0.2, 0.25) is 0 Å². The molecule has 1 saturated heterocycles. The van der Waals surface area contributed by atoms with Crippen molar-refractivity contribution in [2.75, 3.05) is 9.80 Å². The summed E-state index contributed by atoms with van der Waals surface area (Å²) in [6.07, 6.45) is 9.17. The summed E-state index contributed by atoms with van der Waals surface area (Å²) in [5.41, 5.74) is 12.2. The van der Waals surface area contributed by atoms with Crippen LogP contribution in [-0.4, -0.2) is 46.3 Å². The molecule has 2 N–H and O–H groups in total. The summed E-state index contributed by atoms with van der Waals surface area (Å²) in [7, 11) is 0. The van der Waals surface area contributed by atoms with E-state index in [4.69, 9.17) is 0 Å². The van der Waals surface area contributed by atoms with Crippen LogP contribution in [0.5, 0.6) is 0 Å². The molecule has 5 heterocycles. The van der Waals surface area contributed by atoms with Crippen LogP contribution in [0.3, 0.4) is 0 Å². The van der Waals surface area contributed by atoms with Crippen molar-refractivity contribution >= 4 is 22.7 Å². The van der Waals surface area contributed by atoms with Crippen molar-refractivity contribution in [2.45, 2.75) is 94.8 Å². The van der Waals surface area contributed by atoms with Gasteiger partial charge in [0.1, 0.15) is 12.3 Å². The van der Waals surface area contributed by atoms with E-state index in [9.17, 15) is 0 Å². The minimum Gasteiger partial charge on any atom is -0.367 e. The van der Waals surface area contributed by atoms with Crippen LogP contribution in [0.4, 0.5) is 22.7 Å². The van der Waals surface area contributed by atoms with Gasteiger partial charge in [0.25, 0.3) is 0 Å². The van der Waals surface area contributed by atoms with Crippen molar-refractivity contribution in [2.24, 2.45) is 0 Å². The standard InChI is InChI=1S/C43H46N6/c1-27-26-45-41-40-44-22-23-46(40)37-24-28(48-33-18-10-6-14-29(33)42(2,3)30-15-7-11-19-34(30)48)25-38(39(37)47(27)41)49-35-20-12-8-16-31(35)43(4,5)32-17-9-13-21-36(32)49/h6-23,26,28,37-41,44-45H,24-25H2,1-5H3. The number of hydrogen-bond acceptors (Lipinski definition) is 6. The summed E-state index contributed by atoms with van der Waals surface area (Å²) in [6, 6.07) is 37.8. The van der Waals surface area contributed by atoms with Gasteiger partial charge >= 0.3 is 0 Å². The third-order valence-corrected chi connectivity index (χ3v) is 12.9. The molecule has 4 aromatic carbocycles. The maximum Gasteiger partial charge on any atom is 0.139 e. The Labute approximate surface area is 290 Å². The number of nitrogens with one attached hydrogen (secondary N) is 2. The van der Waals surface area contributed by atoms with Crippen LogP contribution in [0.1, 0.15) is 69.7 Å². The van der Waals surface area contributed by atoms with E-state index in [0.29, 0.717) is 6.04 Å². The van der Waals surface area contributed by atoms with E-state index in [0.717, 1.165) is 12.8 Å². The van der Waals surface area contributed by atoms with E-state index in [1.54, 1.807) is 0 Å². The molecule has 1 saturated carbocycles. The van der Waals surface area contributed by atoms with Crippen LogP contribution >= 0.6 is 0 Å². The highest BCUT2D eigenvalue weighted by Gasteiger charge is 2.58. The van der Waals surface area contributed by atoms with Gasteiger partial charge < -0.3 is 30.2 Å². The molecule has 0 bridgehead atoms. The van der Waals surface area contributed by atoms with Gasteiger partial charge in [-0.3, -0.25) is 0 Å². The molecule has 5 aliphatic heterocycles. The van der Waals surface area contributed by atoms with E-state index in [-0.39, 0.29) is 41.3 Å². The van der Waals surface area contributed by atoms with Crippen molar-refractivity contribution in [3.8, 4) is 0 Å². The lowest BCUT2D eigenvalue weighted by Crippen LogP contribution is -2.75. The summed E-state index contributed by atoms with van der Waals surface area (Å²) in [6.45, 7) is 11.9. The SMILES string of the molecule is CC1=CNC2C3NC=CN3C3CC(N4c5ccccc5C(C)(C)c5ccccc54)CC(N4c5ccccc5C(C)(C)c5ccccc54)C3N12. The number of allylic oxidation sites excluding steroid dienone is 1. The number of fused-ring (bicyclic) bond motifs is 10. The molecule has 10 rings (SSSR count). The van der Waals surface area contributed by atoms with Gasteiger partial charge in [-0.25, -0.2) is 0 Å². The van der Waals surface area contributed by atoms with Gasteiger partial charge in [0.05, 0.1) is 18.1 Å². The van der Waals surface area contributed by atoms with E-state index in [1.165, 1.54) is 50.7 Å². The number of rotatable bonds is 2. The molecule has 248 valence electrons. The van der Waals surface area contributed by atoms with E-state index < -0.39 is 0 Å². The Morgan fingerprint density at radius 1 is 0.571 bits per heavy atom. The lowest BCUT2D eigenvalue weighted by atomic mass is 9.70. The number of piperazine rings is 1. The summed E-state index contributed by atoms with van der Waals surface area (Å²) in [5.74, 6) is 0. The van der Waals surface area contributed by atoms with Crippen LogP contribution in [-0.2, 0) is 10.8 Å². The van der Waals surface area contributed by atoms with Gasteiger partial charge in [0.15, 0.2) is 0 Å². The Morgan fingerprint density at radius 3 is 1.57 bits per heavy atom. The summed E-state index contributed by atoms with van der Waals surface area (Å²) in [4.78, 5) is 10.9. The zero-order valence-corrected chi connectivity index (χ0v) is 29.1. The molecule has 1 aliphatic carbocycles. The number of benzene rings is 4. The smallest absolute Gasteiger partial charge is 0.139 e. The highest BCUT2D eigenvalue weighted by atomic mass is 15.5. The van der Waals surface area contributed by atoms with E-state index in [1.807, 2.05) is 0 Å². The molecular formula is C43H46N6. The first-order chi connectivity index (χ1) is 23.8. The first-order valence-electron chi connectivity index (χ1n) is 18.1. The third-order valence-electron chi connectivity index (χ3n) is 12.9. The molecule has 2 fully saturated rings. The molecule has 6 aliphatic rings. The Balaban J connectivity index is 1.20. The zero-order valence-electron chi connectivity index (χ0n) is 29.1. The first-order valence-corrected chi connectivity index (χ1v) is 18.1. The molecule has 6 atom stereocenters.